The number of benzene rings is 1. The highest BCUT2D eigenvalue weighted by Gasteiger charge is 2.18. The summed E-state index contributed by atoms with van der Waals surface area (Å²) >= 11 is 1.11. The molecule has 7 nitrogen and oxygen atoms in total. The molecule has 114 valence electrons. The van der Waals surface area contributed by atoms with Gasteiger partial charge >= 0.3 is 5.97 Å². The van der Waals surface area contributed by atoms with Crippen molar-refractivity contribution in [3.63, 3.8) is 0 Å². The zero-order valence-electron chi connectivity index (χ0n) is 11.6. The SMILES string of the molecule is CC(=O)Nc1nc(C(=NOCc2ccccc2)C(=O)O)cs1. The molecule has 0 aliphatic carbocycles. The van der Waals surface area contributed by atoms with Gasteiger partial charge in [-0.3, -0.25) is 4.79 Å². The molecular formula is C14H13N3O4S. The smallest absolute Gasteiger partial charge is 0.360 e. The van der Waals surface area contributed by atoms with E-state index in [0.29, 0.717) is 5.13 Å². The van der Waals surface area contributed by atoms with Crippen LogP contribution in [0.2, 0.25) is 0 Å². The number of nitrogens with zero attached hydrogens (tertiary/aromatic N) is 2. The lowest BCUT2D eigenvalue weighted by molar-refractivity contribution is -0.129. The number of carbonyl (C=O) groups excluding carboxylic acids is 1. The first-order valence-corrected chi connectivity index (χ1v) is 7.15. The third-order valence-corrected chi connectivity index (χ3v) is 3.22. The van der Waals surface area contributed by atoms with Gasteiger partial charge in [0.1, 0.15) is 12.3 Å². The van der Waals surface area contributed by atoms with Gasteiger partial charge in [0.2, 0.25) is 11.6 Å². The Morgan fingerprint density at radius 3 is 2.73 bits per heavy atom. The summed E-state index contributed by atoms with van der Waals surface area (Å²) in [6.45, 7) is 1.50. The molecule has 1 amide bonds. The molecule has 22 heavy (non-hydrogen) atoms. The molecule has 0 spiro atoms. The van der Waals surface area contributed by atoms with Gasteiger partial charge < -0.3 is 15.3 Å². The highest BCUT2D eigenvalue weighted by atomic mass is 32.1. The number of aliphatic carboxylic acids is 1. The molecule has 2 rings (SSSR count). The summed E-state index contributed by atoms with van der Waals surface area (Å²) in [7, 11) is 0. The fraction of sp³-hybridized carbons (Fsp3) is 0.143. The fourth-order valence-corrected chi connectivity index (χ4v) is 2.27. The van der Waals surface area contributed by atoms with E-state index in [1.54, 1.807) is 0 Å². The maximum absolute atomic E-state index is 11.2. The van der Waals surface area contributed by atoms with Crippen molar-refractivity contribution in [1.82, 2.24) is 4.98 Å². The van der Waals surface area contributed by atoms with E-state index in [1.807, 2.05) is 30.3 Å². The number of carboxylic acid groups (broad SMARTS) is 1. The van der Waals surface area contributed by atoms with Crippen LogP contribution in [0.15, 0.2) is 40.9 Å². The minimum Gasteiger partial charge on any atom is -0.476 e. The summed E-state index contributed by atoms with van der Waals surface area (Å²) in [6, 6.07) is 9.25. The van der Waals surface area contributed by atoms with E-state index >= 15 is 0 Å². The van der Waals surface area contributed by atoms with Crippen molar-refractivity contribution in [3.8, 4) is 0 Å². The number of rotatable bonds is 6. The lowest BCUT2D eigenvalue weighted by atomic mass is 10.2. The average molecular weight is 319 g/mol. The quantitative estimate of drug-likeness (QED) is 0.627. The molecule has 1 aromatic carbocycles. The first kappa shape index (κ1) is 15.6. The van der Waals surface area contributed by atoms with E-state index in [0.717, 1.165) is 16.9 Å². The second-order valence-corrected chi connectivity index (χ2v) is 5.08. The van der Waals surface area contributed by atoms with Gasteiger partial charge in [0, 0.05) is 12.3 Å². The Balaban J connectivity index is 2.09. The number of carbonyl (C=O) groups is 2. The van der Waals surface area contributed by atoms with Crippen molar-refractivity contribution >= 4 is 34.1 Å². The van der Waals surface area contributed by atoms with Crippen LogP contribution < -0.4 is 5.32 Å². The van der Waals surface area contributed by atoms with Crippen LogP contribution in [0.25, 0.3) is 0 Å². The molecule has 8 heteroatoms. The predicted molar refractivity (Wildman–Crippen MR) is 81.8 cm³/mol. The maximum Gasteiger partial charge on any atom is 0.360 e. The lowest BCUT2D eigenvalue weighted by Gasteiger charge is -2.01. The molecule has 2 aromatic rings. The lowest BCUT2D eigenvalue weighted by Crippen LogP contribution is -2.16. The summed E-state index contributed by atoms with van der Waals surface area (Å²) in [6.07, 6.45) is 0. The summed E-state index contributed by atoms with van der Waals surface area (Å²) in [5.41, 5.74) is 0.686. The number of anilines is 1. The Hall–Kier alpha value is -2.74. The van der Waals surface area contributed by atoms with Crippen molar-refractivity contribution in [3.05, 3.63) is 47.0 Å². The highest BCUT2D eigenvalue weighted by Crippen LogP contribution is 2.16. The Labute approximate surface area is 130 Å². The zero-order chi connectivity index (χ0) is 15.9. The predicted octanol–water partition coefficient (Wildman–Crippen LogP) is 2.11. The number of carboxylic acids is 1. The van der Waals surface area contributed by atoms with Gasteiger partial charge in [0.15, 0.2) is 5.13 Å². The molecule has 0 saturated heterocycles. The van der Waals surface area contributed by atoms with Crippen molar-refractivity contribution in [2.24, 2.45) is 5.16 Å². The summed E-state index contributed by atoms with van der Waals surface area (Å²) in [5.74, 6) is -1.54. The summed E-state index contributed by atoms with van der Waals surface area (Å²) in [4.78, 5) is 31.2. The third kappa shape index (κ3) is 4.38. The first-order valence-electron chi connectivity index (χ1n) is 6.27. The number of aromatic nitrogens is 1. The second-order valence-electron chi connectivity index (χ2n) is 4.22. The van der Waals surface area contributed by atoms with Crippen molar-refractivity contribution in [2.75, 3.05) is 5.32 Å². The Morgan fingerprint density at radius 2 is 2.09 bits per heavy atom. The summed E-state index contributed by atoms with van der Waals surface area (Å²) in [5, 5.41) is 17.1. The van der Waals surface area contributed by atoms with E-state index in [4.69, 9.17) is 4.84 Å². The highest BCUT2D eigenvalue weighted by molar-refractivity contribution is 7.14. The standard InChI is InChI=1S/C14H13N3O4S/c1-9(18)15-14-16-11(8-22-14)12(13(19)20)17-21-7-10-5-3-2-4-6-10/h2-6,8H,7H2,1H3,(H,19,20)(H,15,16,18). The number of amides is 1. The molecule has 0 fully saturated rings. The fourth-order valence-electron chi connectivity index (χ4n) is 1.53. The number of nitrogens with one attached hydrogen (secondary N) is 1. The largest absolute Gasteiger partial charge is 0.476 e. The average Bonchev–Trinajstić information content (AvgIpc) is 2.91. The van der Waals surface area contributed by atoms with Crippen LogP contribution in [-0.4, -0.2) is 27.7 Å². The van der Waals surface area contributed by atoms with E-state index < -0.39 is 5.97 Å². The Kier molecular flexibility index (Phi) is 5.21. The normalized spacial score (nSPS) is 11.0. The second kappa shape index (κ2) is 7.32. The van der Waals surface area contributed by atoms with E-state index in [1.165, 1.54) is 12.3 Å². The van der Waals surface area contributed by atoms with Gasteiger partial charge in [-0.2, -0.15) is 0 Å². The van der Waals surface area contributed by atoms with Crippen LogP contribution >= 0.6 is 11.3 Å². The molecule has 0 aliphatic rings. The monoisotopic (exact) mass is 319 g/mol. The molecule has 0 radical (unpaired) electrons. The number of hydrogen-bond acceptors (Lipinski definition) is 6. The van der Waals surface area contributed by atoms with Crippen LogP contribution in [0.1, 0.15) is 18.2 Å². The van der Waals surface area contributed by atoms with Gasteiger partial charge in [0.05, 0.1) is 0 Å². The Morgan fingerprint density at radius 1 is 1.36 bits per heavy atom. The molecule has 0 atom stereocenters. The van der Waals surface area contributed by atoms with Crippen molar-refractivity contribution < 1.29 is 19.5 Å². The van der Waals surface area contributed by atoms with Crippen LogP contribution in [-0.2, 0) is 21.0 Å². The van der Waals surface area contributed by atoms with Crippen molar-refractivity contribution in [2.45, 2.75) is 13.5 Å². The van der Waals surface area contributed by atoms with Gasteiger partial charge in [-0.05, 0) is 5.56 Å². The summed E-state index contributed by atoms with van der Waals surface area (Å²) < 4.78 is 0. The molecule has 0 saturated carbocycles. The third-order valence-electron chi connectivity index (χ3n) is 2.46. The van der Waals surface area contributed by atoms with Gasteiger partial charge in [-0.25, -0.2) is 9.78 Å². The topological polar surface area (TPSA) is 101 Å². The number of oxime groups is 1. The molecule has 0 unspecified atom stereocenters. The van der Waals surface area contributed by atoms with Crippen LogP contribution in [0, 0.1) is 0 Å². The van der Waals surface area contributed by atoms with Gasteiger partial charge in [-0.15, -0.1) is 11.3 Å². The maximum atomic E-state index is 11.2. The van der Waals surface area contributed by atoms with Crippen LogP contribution in [0.4, 0.5) is 5.13 Å². The van der Waals surface area contributed by atoms with Gasteiger partial charge in [0.25, 0.3) is 0 Å². The molecule has 2 N–H and O–H groups in total. The molecule has 0 bridgehead atoms. The molecule has 1 aromatic heterocycles. The van der Waals surface area contributed by atoms with E-state index in [2.05, 4.69) is 15.5 Å². The number of hydrogen-bond donors (Lipinski definition) is 2. The van der Waals surface area contributed by atoms with Crippen LogP contribution in [0.5, 0.6) is 0 Å². The number of thiazole rings is 1. The van der Waals surface area contributed by atoms with E-state index in [9.17, 15) is 14.7 Å². The minimum atomic E-state index is -1.26. The van der Waals surface area contributed by atoms with Gasteiger partial charge in [-0.1, -0.05) is 35.5 Å². The molecule has 0 aliphatic heterocycles. The van der Waals surface area contributed by atoms with E-state index in [-0.39, 0.29) is 23.9 Å². The zero-order valence-corrected chi connectivity index (χ0v) is 12.5. The minimum absolute atomic E-state index is 0.134. The molecular weight excluding hydrogens is 306 g/mol. The van der Waals surface area contributed by atoms with Crippen LogP contribution in [0.3, 0.4) is 0 Å². The Bertz CT molecular complexity index is 697. The molecule has 1 heterocycles. The first-order chi connectivity index (χ1) is 10.6. The van der Waals surface area contributed by atoms with Crippen molar-refractivity contribution in [1.29, 1.82) is 0 Å².